The smallest absolute Gasteiger partial charge is 0.430 e. The van der Waals surface area contributed by atoms with E-state index in [0.29, 0.717) is 35.1 Å². The molecule has 0 unspecified atom stereocenters. The van der Waals surface area contributed by atoms with E-state index < -0.39 is 31.4 Å². The molecule has 2 aromatic rings. The van der Waals surface area contributed by atoms with Gasteiger partial charge in [0.1, 0.15) is 36.4 Å². The molecule has 0 N–H and O–H groups in total. The monoisotopic (exact) mass is 483 g/mol. The average Bonchev–Trinajstić information content (AvgIpc) is 2.72. The van der Waals surface area contributed by atoms with Gasteiger partial charge in [0, 0.05) is 28.8 Å². The van der Waals surface area contributed by atoms with Crippen LogP contribution in [0.25, 0.3) is 10.8 Å². The lowest BCUT2D eigenvalue weighted by molar-refractivity contribution is -0.397. The average molecular weight is 483 g/mol. The molecular weight excluding hydrogens is 462 g/mol. The molecule has 11 heteroatoms. The SMILES string of the molecule is COCOC(COc1ccc([S+]2CCC(=O)CC2)c2ccccc12)(C(F)(F)F)C(F)(F)F. The first kappa shape index (κ1) is 24.7. The van der Waals surface area contributed by atoms with Crippen LogP contribution in [0.5, 0.6) is 5.75 Å². The Morgan fingerprint density at radius 1 is 0.906 bits per heavy atom. The predicted molar refractivity (Wildman–Crippen MR) is 107 cm³/mol. The van der Waals surface area contributed by atoms with E-state index >= 15 is 0 Å². The largest absolute Gasteiger partial charge is 0.489 e. The number of Topliss-reactive ketones (excluding diaryl/α,β-unsaturated/α-hetero) is 1. The number of alkyl halides is 6. The highest BCUT2D eigenvalue weighted by Gasteiger charge is 2.73. The number of fused-ring (bicyclic) bond motifs is 1. The van der Waals surface area contributed by atoms with Crippen LogP contribution in [0.3, 0.4) is 0 Å². The molecule has 0 saturated carbocycles. The zero-order chi connectivity index (χ0) is 23.6. The molecule has 1 fully saturated rings. The van der Waals surface area contributed by atoms with E-state index in [0.717, 1.165) is 12.0 Å². The van der Waals surface area contributed by atoms with E-state index in [2.05, 4.69) is 9.47 Å². The summed E-state index contributed by atoms with van der Waals surface area (Å²) in [6.07, 6.45) is -10.7. The molecule has 0 spiro atoms. The summed E-state index contributed by atoms with van der Waals surface area (Å²) < 4.78 is 94.8. The van der Waals surface area contributed by atoms with Gasteiger partial charge in [0.2, 0.25) is 0 Å². The van der Waals surface area contributed by atoms with E-state index in [4.69, 9.17) is 4.74 Å². The quantitative estimate of drug-likeness (QED) is 0.315. The number of hydrogen-bond acceptors (Lipinski definition) is 4. The van der Waals surface area contributed by atoms with Gasteiger partial charge in [-0.15, -0.1) is 0 Å². The number of hydrogen-bond donors (Lipinski definition) is 0. The number of carbonyl (C=O) groups is 1. The molecule has 32 heavy (non-hydrogen) atoms. The van der Waals surface area contributed by atoms with Crippen LogP contribution in [0, 0.1) is 0 Å². The van der Waals surface area contributed by atoms with Crippen molar-refractivity contribution in [1.82, 2.24) is 0 Å². The lowest BCUT2D eigenvalue weighted by atomic mass is 10.0. The maximum Gasteiger partial charge on any atom is 0.430 e. The van der Waals surface area contributed by atoms with Crippen molar-refractivity contribution in [3.63, 3.8) is 0 Å². The van der Waals surface area contributed by atoms with Gasteiger partial charge >= 0.3 is 12.4 Å². The van der Waals surface area contributed by atoms with Gasteiger partial charge in [0.05, 0.1) is 12.8 Å². The Morgan fingerprint density at radius 2 is 1.50 bits per heavy atom. The third-order valence-electron chi connectivity index (χ3n) is 5.18. The second-order valence-electron chi connectivity index (χ2n) is 7.21. The second-order valence-corrected chi connectivity index (χ2v) is 9.45. The molecule has 176 valence electrons. The Hall–Kier alpha value is -1.98. The van der Waals surface area contributed by atoms with Crippen molar-refractivity contribution in [3.8, 4) is 5.75 Å². The van der Waals surface area contributed by atoms with Gasteiger partial charge in [-0.1, -0.05) is 18.2 Å². The Morgan fingerprint density at radius 3 is 2.06 bits per heavy atom. The zero-order valence-electron chi connectivity index (χ0n) is 17.0. The first-order valence-electron chi connectivity index (χ1n) is 9.60. The van der Waals surface area contributed by atoms with E-state index in [1.54, 1.807) is 30.3 Å². The third kappa shape index (κ3) is 4.84. The summed E-state index contributed by atoms with van der Waals surface area (Å²) in [7, 11) is 0.678. The Kier molecular flexibility index (Phi) is 7.31. The molecule has 2 aromatic carbocycles. The highest BCUT2D eigenvalue weighted by Crippen LogP contribution is 2.46. The van der Waals surface area contributed by atoms with Crippen molar-refractivity contribution in [2.24, 2.45) is 0 Å². The molecule has 1 heterocycles. The summed E-state index contributed by atoms with van der Waals surface area (Å²) in [6, 6.07) is 9.68. The number of carbonyl (C=O) groups excluding carboxylic acids is 1. The maximum absolute atomic E-state index is 13.5. The Labute approximate surface area is 183 Å². The number of halogens is 6. The van der Waals surface area contributed by atoms with Gasteiger partial charge < -0.3 is 14.2 Å². The predicted octanol–water partition coefficient (Wildman–Crippen LogP) is 5.04. The second kappa shape index (κ2) is 9.48. The van der Waals surface area contributed by atoms with Gasteiger partial charge in [-0.2, -0.15) is 26.3 Å². The lowest BCUT2D eigenvalue weighted by Crippen LogP contribution is -2.62. The minimum absolute atomic E-state index is 0.125. The summed E-state index contributed by atoms with van der Waals surface area (Å²) >= 11 is 0. The number of rotatable bonds is 7. The van der Waals surface area contributed by atoms with E-state index in [9.17, 15) is 31.1 Å². The summed E-state index contributed by atoms with van der Waals surface area (Å²) in [5.41, 5.74) is -4.55. The topological polar surface area (TPSA) is 44.8 Å². The van der Waals surface area contributed by atoms with Gasteiger partial charge in [-0.3, -0.25) is 4.79 Å². The number of ether oxygens (including phenoxy) is 3. The summed E-state index contributed by atoms with van der Waals surface area (Å²) in [5.74, 6) is 1.39. The fourth-order valence-electron chi connectivity index (χ4n) is 3.41. The fraction of sp³-hybridized carbons (Fsp3) is 0.476. The number of benzene rings is 2. The van der Waals surface area contributed by atoms with E-state index in [-0.39, 0.29) is 22.4 Å². The summed E-state index contributed by atoms with van der Waals surface area (Å²) in [4.78, 5) is 12.5. The normalized spacial score (nSPS) is 16.5. The van der Waals surface area contributed by atoms with Crippen LogP contribution in [0.4, 0.5) is 26.3 Å². The van der Waals surface area contributed by atoms with Crippen LogP contribution in [0.1, 0.15) is 12.8 Å². The molecule has 1 saturated heterocycles. The van der Waals surface area contributed by atoms with Crippen molar-refractivity contribution in [3.05, 3.63) is 36.4 Å². The van der Waals surface area contributed by atoms with Crippen LogP contribution in [0.2, 0.25) is 0 Å². The van der Waals surface area contributed by atoms with Crippen molar-refractivity contribution >= 4 is 27.5 Å². The Bertz CT molecular complexity index is 935. The van der Waals surface area contributed by atoms with E-state index in [1.165, 1.54) is 6.07 Å². The standard InChI is InChI=1S/C21H21F6O4S/c1-29-13-31-19(20(22,23)24,21(25,26)27)12-30-17-6-7-18(16-5-3-2-4-15(16)17)32-10-8-14(28)9-11-32/h2-7H,8-13H2,1H3/q+1. The molecule has 0 bridgehead atoms. The Balaban J connectivity index is 1.96. The van der Waals surface area contributed by atoms with Crippen molar-refractivity contribution in [2.75, 3.05) is 32.0 Å². The molecule has 1 aliphatic rings. The molecule has 3 rings (SSSR count). The van der Waals surface area contributed by atoms with Gasteiger partial charge in [-0.25, -0.2) is 0 Å². The van der Waals surface area contributed by atoms with Crippen LogP contribution >= 0.6 is 0 Å². The molecule has 0 amide bonds. The van der Waals surface area contributed by atoms with Crippen LogP contribution in [0.15, 0.2) is 41.3 Å². The highest BCUT2D eigenvalue weighted by molar-refractivity contribution is 7.97. The summed E-state index contributed by atoms with van der Waals surface area (Å²) in [6.45, 7) is -3.05. The number of ketones is 1. The van der Waals surface area contributed by atoms with Crippen LogP contribution < -0.4 is 4.74 Å². The first-order valence-corrected chi connectivity index (χ1v) is 11.2. The minimum atomic E-state index is -5.80. The van der Waals surface area contributed by atoms with Crippen molar-refractivity contribution in [2.45, 2.75) is 35.7 Å². The van der Waals surface area contributed by atoms with Gasteiger partial charge in [-0.05, 0) is 18.2 Å². The first-order chi connectivity index (χ1) is 15.0. The van der Waals surface area contributed by atoms with E-state index in [1.807, 2.05) is 0 Å². The number of methoxy groups -OCH3 is 1. The zero-order valence-corrected chi connectivity index (χ0v) is 17.8. The van der Waals surface area contributed by atoms with Crippen LogP contribution in [-0.4, -0.2) is 55.8 Å². The maximum atomic E-state index is 13.5. The van der Waals surface area contributed by atoms with Crippen molar-refractivity contribution < 1.29 is 45.3 Å². The molecule has 1 aliphatic heterocycles. The third-order valence-corrected chi connectivity index (χ3v) is 7.55. The molecule has 0 aliphatic carbocycles. The lowest BCUT2D eigenvalue weighted by Gasteiger charge is -2.36. The van der Waals surface area contributed by atoms with Crippen LogP contribution in [-0.2, 0) is 25.2 Å². The van der Waals surface area contributed by atoms with Crippen molar-refractivity contribution in [1.29, 1.82) is 0 Å². The highest BCUT2D eigenvalue weighted by atomic mass is 32.2. The molecule has 4 nitrogen and oxygen atoms in total. The van der Waals surface area contributed by atoms with Gasteiger partial charge in [0.25, 0.3) is 5.60 Å². The molecule has 0 radical (unpaired) electrons. The molecule has 0 aromatic heterocycles. The molecular formula is C21H21F6O4S+. The summed E-state index contributed by atoms with van der Waals surface area (Å²) in [5, 5.41) is 1.06. The molecule has 0 atom stereocenters. The van der Waals surface area contributed by atoms with Gasteiger partial charge in [0.15, 0.2) is 4.90 Å². The minimum Gasteiger partial charge on any atom is -0.489 e. The fourth-order valence-corrected chi connectivity index (χ4v) is 5.75.